The van der Waals surface area contributed by atoms with Crippen LogP contribution in [0.2, 0.25) is 5.02 Å². The average Bonchev–Trinajstić information content (AvgIpc) is 2.88. The maximum atomic E-state index is 11.1. The number of nitrogens with zero attached hydrogens (tertiary/aromatic N) is 2. The van der Waals surface area contributed by atoms with Crippen LogP contribution >= 0.6 is 11.6 Å². The SMILES string of the molecule is NC(=O)c1ccc(NCc2cnn3ccccc23)cc1Cl. The molecule has 5 nitrogen and oxygen atoms in total. The quantitative estimate of drug-likeness (QED) is 0.778. The molecule has 0 saturated heterocycles. The van der Waals surface area contributed by atoms with Crippen LogP contribution in [0.5, 0.6) is 0 Å². The summed E-state index contributed by atoms with van der Waals surface area (Å²) in [6, 6.07) is 11.0. The molecule has 0 atom stereocenters. The second-order valence-corrected chi connectivity index (χ2v) is 5.02. The van der Waals surface area contributed by atoms with Crippen LogP contribution in [0.15, 0.2) is 48.8 Å². The predicted molar refractivity (Wildman–Crippen MR) is 82.5 cm³/mol. The fourth-order valence-corrected chi connectivity index (χ4v) is 2.42. The van der Waals surface area contributed by atoms with E-state index in [-0.39, 0.29) is 0 Å². The lowest BCUT2D eigenvalue weighted by molar-refractivity contribution is 0.100. The van der Waals surface area contributed by atoms with Gasteiger partial charge in [-0.3, -0.25) is 4.79 Å². The Bertz CT molecular complexity index is 812. The lowest BCUT2D eigenvalue weighted by atomic mass is 10.2. The van der Waals surface area contributed by atoms with Crippen LogP contribution in [0.25, 0.3) is 5.52 Å². The second-order valence-electron chi connectivity index (χ2n) is 4.61. The van der Waals surface area contributed by atoms with Crippen LogP contribution in [-0.2, 0) is 6.54 Å². The molecular weight excluding hydrogens is 288 g/mol. The number of carbonyl (C=O) groups excluding carboxylic acids is 1. The van der Waals surface area contributed by atoms with Crippen LogP contribution in [-0.4, -0.2) is 15.5 Å². The molecule has 0 fully saturated rings. The molecule has 3 N–H and O–H groups in total. The molecule has 0 saturated carbocycles. The van der Waals surface area contributed by atoms with Crippen molar-refractivity contribution in [2.75, 3.05) is 5.32 Å². The Morgan fingerprint density at radius 2 is 2.19 bits per heavy atom. The van der Waals surface area contributed by atoms with Gasteiger partial charge in [-0.2, -0.15) is 5.10 Å². The average molecular weight is 301 g/mol. The Kier molecular flexibility index (Phi) is 3.50. The largest absolute Gasteiger partial charge is 0.381 e. The summed E-state index contributed by atoms with van der Waals surface area (Å²) in [6.07, 6.45) is 3.72. The second kappa shape index (κ2) is 5.46. The smallest absolute Gasteiger partial charge is 0.250 e. The van der Waals surface area contributed by atoms with Crippen molar-refractivity contribution in [3.05, 3.63) is 64.9 Å². The van der Waals surface area contributed by atoms with Gasteiger partial charge in [0.25, 0.3) is 0 Å². The van der Waals surface area contributed by atoms with Gasteiger partial charge in [-0.1, -0.05) is 17.7 Å². The van der Waals surface area contributed by atoms with E-state index >= 15 is 0 Å². The van der Waals surface area contributed by atoms with Crippen molar-refractivity contribution in [1.29, 1.82) is 0 Å². The van der Waals surface area contributed by atoms with Crippen molar-refractivity contribution in [2.45, 2.75) is 6.54 Å². The van der Waals surface area contributed by atoms with E-state index in [1.165, 1.54) is 0 Å². The van der Waals surface area contributed by atoms with E-state index in [4.69, 9.17) is 17.3 Å². The Balaban J connectivity index is 1.79. The number of fused-ring (bicyclic) bond motifs is 1. The number of aromatic nitrogens is 2. The zero-order valence-electron chi connectivity index (χ0n) is 11.1. The third-order valence-electron chi connectivity index (χ3n) is 3.22. The van der Waals surface area contributed by atoms with Crippen molar-refractivity contribution < 1.29 is 4.79 Å². The van der Waals surface area contributed by atoms with Crippen LogP contribution in [0, 0.1) is 0 Å². The Morgan fingerprint density at radius 1 is 1.33 bits per heavy atom. The van der Waals surface area contributed by atoms with E-state index < -0.39 is 5.91 Å². The summed E-state index contributed by atoms with van der Waals surface area (Å²) in [6.45, 7) is 0.611. The molecule has 106 valence electrons. The van der Waals surface area contributed by atoms with E-state index in [0.29, 0.717) is 17.1 Å². The van der Waals surface area contributed by atoms with Gasteiger partial charge in [0.15, 0.2) is 0 Å². The number of hydrogen-bond acceptors (Lipinski definition) is 3. The highest BCUT2D eigenvalue weighted by molar-refractivity contribution is 6.34. The van der Waals surface area contributed by atoms with Gasteiger partial charge in [0.1, 0.15) is 0 Å². The van der Waals surface area contributed by atoms with Gasteiger partial charge >= 0.3 is 0 Å². The lowest BCUT2D eigenvalue weighted by Gasteiger charge is -2.07. The van der Waals surface area contributed by atoms with E-state index in [1.54, 1.807) is 18.2 Å². The zero-order chi connectivity index (χ0) is 14.8. The highest BCUT2D eigenvalue weighted by atomic mass is 35.5. The molecule has 3 aromatic rings. The van der Waals surface area contributed by atoms with Gasteiger partial charge < -0.3 is 11.1 Å². The lowest BCUT2D eigenvalue weighted by Crippen LogP contribution is -2.11. The first kappa shape index (κ1) is 13.5. The van der Waals surface area contributed by atoms with Gasteiger partial charge in [-0.15, -0.1) is 0 Å². The molecule has 0 unspecified atom stereocenters. The Hall–Kier alpha value is -2.53. The minimum atomic E-state index is -0.533. The molecule has 2 heterocycles. The van der Waals surface area contributed by atoms with Gasteiger partial charge in [0, 0.05) is 24.0 Å². The molecule has 3 rings (SSSR count). The molecule has 0 bridgehead atoms. The normalized spacial score (nSPS) is 10.7. The summed E-state index contributed by atoms with van der Waals surface area (Å²) in [5, 5.41) is 7.87. The highest BCUT2D eigenvalue weighted by Gasteiger charge is 2.08. The number of anilines is 1. The fourth-order valence-electron chi connectivity index (χ4n) is 2.15. The summed E-state index contributed by atoms with van der Waals surface area (Å²) < 4.78 is 1.82. The molecule has 0 aliphatic rings. The molecule has 0 aliphatic heterocycles. The van der Waals surface area contributed by atoms with Crippen molar-refractivity contribution >= 4 is 28.7 Å². The molecular formula is C15H13ClN4O. The monoisotopic (exact) mass is 300 g/mol. The summed E-state index contributed by atoms with van der Waals surface area (Å²) in [7, 11) is 0. The number of amides is 1. The Labute approximate surface area is 126 Å². The van der Waals surface area contributed by atoms with E-state index in [2.05, 4.69) is 10.4 Å². The van der Waals surface area contributed by atoms with Gasteiger partial charge in [0.05, 0.1) is 22.3 Å². The third kappa shape index (κ3) is 2.68. The Morgan fingerprint density at radius 3 is 2.95 bits per heavy atom. The summed E-state index contributed by atoms with van der Waals surface area (Å²) >= 11 is 6.02. The highest BCUT2D eigenvalue weighted by Crippen LogP contribution is 2.21. The van der Waals surface area contributed by atoms with Gasteiger partial charge in [0.2, 0.25) is 5.91 Å². The minimum Gasteiger partial charge on any atom is -0.381 e. The summed E-state index contributed by atoms with van der Waals surface area (Å²) in [4.78, 5) is 11.1. The van der Waals surface area contributed by atoms with E-state index in [1.807, 2.05) is 35.1 Å². The number of carbonyl (C=O) groups is 1. The third-order valence-corrected chi connectivity index (χ3v) is 3.54. The predicted octanol–water partition coefficient (Wildman–Crippen LogP) is 2.70. The van der Waals surface area contributed by atoms with Crippen molar-refractivity contribution in [3.63, 3.8) is 0 Å². The van der Waals surface area contributed by atoms with Crippen LogP contribution < -0.4 is 11.1 Å². The topological polar surface area (TPSA) is 72.4 Å². The fraction of sp³-hybridized carbons (Fsp3) is 0.0667. The van der Waals surface area contributed by atoms with Crippen molar-refractivity contribution in [3.8, 4) is 0 Å². The maximum Gasteiger partial charge on any atom is 0.250 e. The number of benzene rings is 1. The number of nitrogens with two attached hydrogens (primary N) is 1. The zero-order valence-corrected chi connectivity index (χ0v) is 11.8. The number of pyridine rings is 1. The summed E-state index contributed by atoms with van der Waals surface area (Å²) in [5.74, 6) is -0.533. The molecule has 6 heteroatoms. The maximum absolute atomic E-state index is 11.1. The number of rotatable bonds is 4. The first-order valence-corrected chi connectivity index (χ1v) is 6.77. The van der Waals surface area contributed by atoms with Crippen molar-refractivity contribution in [2.24, 2.45) is 5.73 Å². The molecule has 0 radical (unpaired) electrons. The first-order valence-electron chi connectivity index (χ1n) is 6.39. The van der Waals surface area contributed by atoms with Gasteiger partial charge in [-0.25, -0.2) is 4.52 Å². The molecule has 0 spiro atoms. The molecule has 0 aliphatic carbocycles. The van der Waals surface area contributed by atoms with Crippen molar-refractivity contribution in [1.82, 2.24) is 9.61 Å². The minimum absolute atomic E-state index is 0.318. The molecule has 1 aromatic carbocycles. The van der Waals surface area contributed by atoms with Crippen LogP contribution in [0.3, 0.4) is 0 Å². The van der Waals surface area contributed by atoms with Gasteiger partial charge in [-0.05, 0) is 30.3 Å². The first-order chi connectivity index (χ1) is 10.1. The number of nitrogens with one attached hydrogen (secondary N) is 1. The van der Waals surface area contributed by atoms with Crippen LogP contribution in [0.4, 0.5) is 5.69 Å². The molecule has 1 amide bonds. The molecule has 2 aromatic heterocycles. The summed E-state index contributed by atoms with van der Waals surface area (Å²) in [5.41, 5.74) is 8.48. The standard InChI is InChI=1S/C15H13ClN4O/c16-13-7-11(4-5-12(13)15(17)21)18-8-10-9-19-20-6-2-1-3-14(10)20/h1-7,9,18H,8H2,(H2,17,21). The van der Waals surface area contributed by atoms with Crippen LogP contribution in [0.1, 0.15) is 15.9 Å². The number of hydrogen-bond donors (Lipinski definition) is 2. The molecule has 21 heavy (non-hydrogen) atoms. The number of halogens is 1. The van der Waals surface area contributed by atoms with E-state index in [9.17, 15) is 4.79 Å². The van der Waals surface area contributed by atoms with E-state index in [0.717, 1.165) is 16.8 Å². The number of primary amides is 1.